The molecule has 0 bridgehead atoms. The van der Waals surface area contributed by atoms with E-state index >= 15 is 0 Å². The summed E-state index contributed by atoms with van der Waals surface area (Å²) in [5, 5.41) is 0.579. The first-order valence-corrected chi connectivity index (χ1v) is 2.47. The summed E-state index contributed by atoms with van der Waals surface area (Å²) in [6.07, 6.45) is 1.17. The lowest BCUT2D eigenvalue weighted by atomic mass is 10.4. The lowest BCUT2D eigenvalue weighted by Crippen LogP contribution is -1.81. The predicted octanol–water partition coefficient (Wildman–Crippen LogP) is 1.71. The molecule has 32 valence electrons. The molecule has 0 amide bonds. The fraction of sp³-hybridized carbons (Fsp3) is 1.00. The number of hydrogen-bond acceptors (Lipinski definition) is 1. The molecule has 0 aliphatic rings. The van der Waals surface area contributed by atoms with E-state index in [1.54, 1.807) is 0 Å². The Labute approximate surface area is 39.0 Å². The van der Waals surface area contributed by atoms with E-state index in [1.807, 2.05) is 0 Å². The average Bonchev–Trinajstić information content (AvgIpc) is 1.38. The lowest BCUT2D eigenvalue weighted by molar-refractivity contribution is 0.913. The molecule has 0 unspecified atom stereocenters. The van der Waals surface area contributed by atoms with Crippen LogP contribution in [0.3, 0.4) is 0 Å². The number of hydrogen-bond donors (Lipinski definition) is 1. The third-order valence-electron chi connectivity index (χ3n) is 0.591. The van der Waals surface area contributed by atoms with Crippen LogP contribution in [0.25, 0.3) is 0 Å². The van der Waals surface area contributed by atoms with E-state index in [0.29, 0.717) is 5.25 Å². The van der Waals surface area contributed by atoms with Gasteiger partial charge in [0.2, 0.25) is 0 Å². The summed E-state index contributed by atoms with van der Waals surface area (Å²) in [5.74, 6) is 0. The molecular weight excluding hydrogens is 80.1 g/mol. The Morgan fingerprint density at radius 1 is 1.80 bits per heavy atom. The van der Waals surface area contributed by atoms with Crippen molar-refractivity contribution in [1.29, 1.82) is 0 Å². The second-order valence-corrected chi connectivity index (χ2v) is 2.14. The van der Waals surface area contributed by atoms with Crippen molar-refractivity contribution in [2.75, 3.05) is 0 Å². The van der Waals surface area contributed by atoms with Crippen molar-refractivity contribution in [2.45, 2.75) is 25.5 Å². The molecule has 0 saturated heterocycles. The minimum atomic E-state index is 0.579. The molecule has 0 rings (SSSR count). The van der Waals surface area contributed by atoms with Crippen LogP contribution in [0.4, 0.5) is 0 Å². The molecule has 0 aromatic heterocycles. The van der Waals surface area contributed by atoms with Gasteiger partial charge in [-0.3, -0.25) is 0 Å². The Balaban J connectivity index is 2.54. The SMILES string of the molecule is CC[C@H](C)S. The molecular formula is C4H10S. The second-order valence-electron chi connectivity index (χ2n) is 1.26. The fourth-order valence-electron chi connectivity index (χ4n) is 0. The highest BCUT2D eigenvalue weighted by atomic mass is 32.1. The summed E-state index contributed by atoms with van der Waals surface area (Å²) >= 11 is 4.10. The summed E-state index contributed by atoms with van der Waals surface area (Å²) in [4.78, 5) is 0. The van der Waals surface area contributed by atoms with Gasteiger partial charge in [-0.2, -0.15) is 12.6 Å². The van der Waals surface area contributed by atoms with E-state index in [-0.39, 0.29) is 0 Å². The Kier molecular flexibility index (Phi) is 2.76. The maximum atomic E-state index is 4.10. The third kappa shape index (κ3) is 4.35. The van der Waals surface area contributed by atoms with Gasteiger partial charge in [-0.15, -0.1) is 0 Å². The maximum Gasteiger partial charge on any atom is -0.00142 e. The molecule has 1 atom stereocenters. The van der Waals surface area contributed by atoms with Crippen molar-refractivity contribution >= 4 is 12.6 Å². The zero-order valence-corrected chi connectivity index (χ0v) is 4.63. The van der Waals surface area contributed by atoms with Gasteiger partial charge in [-0.05, 0) is 11.7 Å². The molecule has 0 nitrogen and oxygen atoms in total. The van der Waals surface area contributed by atoms with Crippen molar-refractivity contribution in [2.24, 2.45) is 0 Å². The molecule has 0 saturated carbocycles. The summed E-state index contributed by atoms with van der Waals surface area (Å²) in [6, 6.07) is 0. The van der Waals surface area contributed by atoms with Crippen LogP contribution < -0.4 is 0 Å². The molecule has 0 fully saturated rings. The topological polar surface area (TPSA) is 0 Å². The minimum absolute atomic E-state index is 0.579. The first-order chi connectivity index (χ1) is 2.27. The first kappa shape index (κ1) is 5.35. The molecule has 0 radical (unpaired) electrons. The normalized spacial score (nSPS) is 15.0. The van der Waals surface area contributed by atoms with Crippen molar-refractivity contribution in [1.82, 2.24) is 0 Å². The van der Waals surface area contributed by atoms with Gasteiger partial charge < -0.3 is 0 Å². The van der Waals surface area contributed by atoms with Crippen LogP contribution >= 0.6 is 12.6 Å². The van der Waals surface area contributed by atoms with Crippen molar-refractivity contribution in [3.05, 3.63) is 0 Å². The monoisotopic (exact) mass is 90.1 g/mol. The molecule has 0 spiro atoms. The molecule has 0 aromatic rings. The highest BCUT2D eigenvalue weighted by Gasteiger charge is 1.81. The highest BCUT2D eigenvalue weighted by Crippen LogP contribution is 1.94. The largest absolute Gasteiger partial charge is 0.176 e. The predicted molar refractivity (Wildman–Crippen MR) is 28.7 cm³/mol. The van der Waals surface area contributed by atoms with E-state index in [2.05, 4.69) is 26.5 Å². The van der Waals surface area contributed by atoms with Crippen LogP contribution in [0, 0.1) is 0 Å². The third-order valence-corrected chi connectivity index (χ3v) is 0.956. The van der Waals surface area contributed by atoms with Gasteiger partial charge in [0.25, 0.3) is 0 Å². The summed E-state index contributed by atoms with van der Waals surface area (Å²) < 4.78 is 0. The van der Waals surface area contributed by atoms with Crippen LogP contribution in [-0.4, -0.2) is 5.25 Å². The quantitative estimate of drug-likeness (QED) is 0.466. The van der Waals surface area contributed by atoms with E-state index in [1.165, 1.54) is 6.42 Å². The van der Waals surface area contributed by atoms with E-state index < -0.39 is 0 Å². The Bertz CT molecular complexity index is 17.6. The smallest absolute Gasteiger partial charge is 0.00142 e. The lowest BCUT2D eigenvalue weighted by Gasteiger charge is -1.89. The Hall–Kier alpha value is 0.350. The molecule has 0 heterocycles. The van der Waals surface area contributed by atoms with Crippen molar-refractivity contribution in [3.8, 4) is 0 Å². The summed E-state index contributed by atoms with van der Waals surface area (Å²) in [5.41, 5.74) is 0. The molecule has 1 heteroatoms. The number of rotatable bonds is 1. The van der Waals surface area contributed by atoms with Crippen LogP contribution in [0.1, 0.15) is 20.3 Å². The first-order valence-electron chi connectivity index (χ1n) is 1.95. The van der Waals surface area contributed by atoms with Gasteiger partial charge >= 0.3 is 0 Å². The van der Waals surface area contributed by atoms with Crippen molar-refractivity contribution in [3.63, 3.8) is 0 Å². The molecule has 0 aliphatic carbocycles. The van der Waals surface area contributed by atoms with Gasteiger partial charge in [0.1, 0.15) is 0 Å². The Morgan fingerprint density at radius 2 is 2.00 bits per heavy atom. The van der Waals surface area contributed by atoms with Crippen LogP contribution in [0.5, 0.6) is 0 Å². The van der Waals surface area contributed by atoms with Crippen LogP contribution in [-0.2, 0) is 0 Å². The van der Waals surface area contributed by atoms with Gasteiger partial charge in [-0.1, -0.05) is 13.8 Å². The van der Waals surface area contributed by atoms with Crippen LogP contribution in [0.15, 0.2) is 0 Å². The minimum Gasteiger partial charge on any atom is -0.176 e. The van der Waals surface area contributed by atoms with Gasteiger partial charge in [0.05, 0.1) is 0 Å². The van der Waals surface area contributed by atoms with Gasteiger partial charge in [0, 0.05) is 0 Å². The second kappa shape index (κ2) is 2.58. The van der Waals surface area contributed by atoms with Crippen LogP contribution in [0.2, 0.25) is 0 Å². The maximum absolute atomic E-state index is 4.10. The Morgan fingerprint density at radius 3 is 2.00 bits per heavy atom. The summed E-state index contributed by atoms with van der Waals surface area (Å²) in [6.45, 7) is 4.21. The molecule has 0 aliphatic heterocycles. The zero-order valence-electron chi connectivity index (χ0n) is 3.73. The summed E-state index contributed by atoms with van der Waals surface area (Å²) in [7, 11) is 0. The average molecular weight is 90.2 g/mol. The van der Waals surface area contributed by atoms with E-state index in [9.17, 15) is 0 Å². The van der Waals surface area contributed by atoms with E-state index in [0.717, 1.165) is 0 Å². The standard InChI is InChI=1S/C4H10S/c1-3-4(2)5/h4-5H,3H2,1-2H3/t4-/m0/s1. The van der Waals surface area contributed by atoms with Gasteiger partial charge in [-0.25, -0.2) is 0 Å². The van der Waals surface area contributed by atoms with Crippen molar-refractivity contribution < 1.29 is 0 Å². The van der Waals surface area contributed by atoms with E-state index in [4.69, 9.17) is 0 Å². The highest BCUT2D eigenvalue weighted by molar-refractivity contribution is 7.80. The fourth-order valence-corrected chi connectivity index (χ4v) is 0. The van der Waals surface area contributed by atoms with Gasteiger partial charge in [0.15, 0.2) is 0 Å². The number of thiol groups is 1. The molecule has 0 aromatic carbocycles. The molecule has 5 heavy (non-hydrogen) atoms. The molecule has 0 N–H and O–H groups in total. The zero-order chi connectivity index (χ0) is 4.28.